The average Bonchev–Trinajstić information content (AvgIpc) is 2.47. The molecular formula is C16H14O2. The van der Waals surface area contributed by atoms with Gasteiger partial charge in [-0.3, -0.25) is 4.79 Å². The van der Waals surface area contributed by atoms with Gasteiger partial charge in [0.25, 0.3) is 0 Å². The fourth-order valence-electron chi connectivity index (χ4n) is 1.77. The highest BCUT2D eigenvalue weighted by Gasteiger charge is 2.12. The highest BCUT2D eigenvalue weighted by atomic mass is 16.3. The van der Waals surface area contributed by atoms with Crippen LogP contribution in [0.1, 0.15) is 27.6 Å². The molecule has 18 heavy (non-hydrogen) atoms. The molecule has 0 saturated heterocycles. The Hall–Kier alpha value is -2.19. The summed E-state index contributed by atoms with van der Waals surface area (Å²) in [5.41, 5.74) is 2.87. The molecule has 1 unspecified atom stereocenters. The molecular weight excluding hydrogens is 224 g/mol. The third kappa shape index (κ3) is 2.55. The van der Waals surface area contributed by atoms with E-state index in [0.29, 0.717) is 11.1 Å². The standard InChI is InChI=1S/C16H14O2/c1-12(14-9-7-13(11-17)8-10-14)16(18)15-5-3-2-4-6-15/h2-11,16,18H,1H2. The topological polar surface area (TPSA) is 37.3 Å². The Labute approximate surface area is 106 Å². The van der Waals surface area contributed by atoms with Crippen LogP contribution >= 0.6 is 0 Å². The van der Waals surface area contributed by atoms with Gasteiger partial charge in [-0.15, -0.1) is 0 Å². The van der Waals surface area contributed by atoms with Crippen LogP contribution in [0.3, 0.4) is 0 Å². The molecule has 2 aromatic carbocycles. The summed E-state index contributed by atoms with van der Waals surface area (Å²) < 4.78 is 0. The number of hydrogen-bond acceptors (Lipinski definition) is 2. The largest absolute Gasteiger partial charge is 0.384 e. The minimum atomic E-state index is -0.728. The molecule has 0 aromatic heterocycles. The maximum atomic E-state index is 10.6. The number of benzene rings is 2. The van der Waals surface area contributed by atoms with Crippen molar-refractivity contribution in [1.82, 2.24) is 0 Å². The summed E-state index contributed by atoms with van der Waals surface area (Å²) in [4.78, 5) is 10.6. The van der Waals surface area contributed by atoms with Crippen LogP contribution in [0.15, 0.2) is 61.2 Å². The van der Waals surface area contributed by atoms with E-state index in [1.807, 2.05) is 30.3 Å². The molecule has 0 aliphatic heterocycles. The Kier molecular flexibility index (Phi) is 3.70. The Morgan fingerprint density at radius 2 is 1.67 bits per heavy atom. The lowest BCUT2D eigenvalue weighted by Gasteiger charge is -2.14. The van der Waals surface area contributed by atoms with E-state index in [1.165, 1.54) is 0 Å². The molecule has 0 bridgehead atoms. The number of aldehydes is 1. The minimum absolute atomic E-state index is 0.612. The molecule has 0 amide bonds. The van der Waals surface area contributed by atoms with Gasteiger partial charge in [0.2, 0.25) is 0 Å². The maximum Gasteiger partial charge on any atom is 0.150 e. The van der Waals surface area contributed by atoms with Gasteiger partial charge in [-0.05, 0) is 16.7 Å². The second-order valence-corrected chi connectivity index (χ2v) is 4.08. The second-order valence-electron chi connectivity index (χ2n) is 4.08. The van der Waals surface area contributed by atoms with Crippen LogP contribution < -0.4 is 0 Å². The first-order valence-corrected chi connectivity index (χ1v) is 5.70. The van der Waals surface area contributed by atoms with E-state index in [0.717, 1.165) is 17.4 Å². The zero-order chi connectivity index (χ0) is 13.0. The molecule has 2 heteroatoms. The van der Waals surface area contributed by atoms with Gasteiger partial charge < -0.3 is 5.11 Å². The lowest BCUT2D eigenvalue weighted by atomic mass is 9.96. The predicted molar refractivity (Wildman–Crippen MR) is 72.3 cm³/mol. The van der Waals surface area contributed by atoms with Crippen molar-refractivity contribution in [2.45, 2.75) is 6.10 Å². The van der Waals surface area contributed by atoms with Crippen LogP contribution in [0.5, 0.6) is 0 Å². The highest BCUT2D eigenvalue weighted by molar-refractivity contribution is 5.77. The lowest BCUT2D eigenvalue weighted by molar-refractivity contribution is 0.112. The maximum absolute atomic E-state index is 10.6. The summed E-state index contributed by atoms with van der Waals surface area (Å²) >= 11 is 0. The van der Waals surface area contributed by atoms with Crippen LogP contribution in [0, 0.1) is 0 Å². The van der Waals surface area contributed by atoms with Crippen molar-refractivity contribution in [3.63, 3.8) is 0 Å². The molecule has 0 spiro atoms. The summed E-state index contributed by atoms with van der Waals surface area (Å²) in [6, 6.07) is 16.4. The number of aliphatic hydroxyl groups is 1. The molecule has 2 aromatic rings. The van der Waals surface area contributed by atoms with E-state index in [9.17, 15) is 9.90 Å². The smallest absolute Gasteiger partial charge is 0.150 e. The molecule has 2 rings (SSSR count). The fraction of sp³-hybridized carbons (Fsp3) is 0.0625. The Morgan fingerprint density at radius 1 is 1.06 bits per heavy atom. The molecule has 0 saturated carbocycles. The molecule has 0 heterocycles. The summed E-state index contributed by atoms with van der Waals surface area (Å²) in [7, 11) is 0. The van der Waals surface area contributed by atoms with Crippen LogP contribution in [0.25, 0.3) is 5.57 Å². The number of carbonyl (C=O) groups is 1. The molecule has 0 fully saturated rings. The molecule has 90 valence electrons. The van der Waals surface area contributed by atoms with E-state index in [4.69, 9.17) is 0 Å². The number of hydrogen-bond donors (Lipinski definition) is 1. The molecule has 0 aliphatic rings. The van der Waals surface area contributed by atoms with Crippen molar-refractivity contribution in [3.05, 3.63) is 77.9 Å². The van der Waals surface area contributed by atoms with Gasteiger partial charge in [0.15, 0.2) is 0 Å². The predicted octanol–water partition coefficient (Wildman–Crippen LogP) is 3.25. The van der Waals surface area contributed by atoms with E-state index in [2.05, 4.69) is 6.58 Å². The Bertz CT molecular complexity index is 541. The number of carbonyl (C=O) groups excluding carboxylic acids is 1. The second kappa shape index (κ2) is 5.43. The van der Waals surface area contributed by atoms with Gasteiger partial charge in [-0.2, -0.15) is 0 Å². The van der Waals surface area contributed by atoms with Crippen molar-refractivity contribution in [1.29, 1.82) is 0 Å². The summed E-state index contributed by atoms with van der Waals surface area (Å²) in [6.45, 7) is 3.92. The monoisotopic (exact) mass is 238 g/mol. The Morgan fingerprint density at radius 3 is 2.22 bits per heavy atom. The van der Waals surface area contributed by atoms with Gasteiger partial charge in [0.1, 0.15) is 12.4 Å². The van der Waals surface area contributed by atoms with E-state index in [-0.39, 0.29) is 0 Å². The van der Waals surface area contributed by atoms with Gasteiger partial charge in [0, 0.05) is 5.56 Å². The van der Waals surface area contributed by atoms with E-state index in [1.54, 1.807) is 24.3 Å². The van der Waals surface area contributed by atoms with Gasteiger partial charge in [-0.25, -0.2) is 0 Å². The SMILES string of the molecule is C=C(c1ccc(C=O)cc1)C(O)c1ccccc1. The highest BCUT2D eigenvalue weighted by Crippen LogP contribution is 2.28. The van der Waals surface area contributed by atoms with Crippen molar-refractivity contribution >= 4 is 11.9 Å². The van der Waals surface area contributed by atoms with Crippen molar-refractivity contribution in [3.8, 4) is 0 Å². The van der Waals surface area contributed by atoms with E-state index < -0.39 is 6.10 Å². The molecule has 1 atom stereocenters. The van der Waals surface area contributed by atoms with Crippen LogP contribution in [0.4, 0.5) is 0 Å². The van der Waals surface area contributed by atoms with E-state index >= 15 is 0 Å². The lowest BCUT2D eigenvalue weighted by Crippen LogP contribution is -1.99. The first kappa shape index (κ1) is 12.3. The molecule has 1 N–H and O–H groups in total. The number of rotatable bonds is 4. The average molecular weight is 238 g/mol. The molecule has 2 nitrogen and oxygen atoms in total. The first-order chi connectivity index (χ1) is 8.72. The summed E-state index contributed by atoms with van der Waals surface area (Å²) in [5.74, 6) is 0. The van der Waals surface area contributed by atoms with Gasteiger partial charge in [0.05, 0.1) is 0 Å². The van der Waals surface area contributed by atoms with Crippen molar-refractivity contribution in [2.24, 2.45) is 0 Å². The zero-order valence-corrected chi connectivity index (χ0v) is 9.91. The van der Waals surface area contributed by atoms with Crippen molar-refractivity contribution in [2.75, 3.05) is 0 Å². The Balaban J connectivity index is 2.23. The third-order valence-electron chi connectivity index (χ3n) is 2.86. The normalized spacial score (nSPS) is 11.8. The van der Waals surface area contributed by atoms with Crippen LogP contribution in [0.2, 0.25) is 0 Å². The van der Waals surface area contributed by atoms with Gasteiger partial charge >= 0.3 is 0 Å². The quantitative estimate of drug-likeness (QED) is 0.830. The third-order valence-corrected chi connectivity index (χ3v) is 2.86. The summed E-state index contributed by atoms with van der Waals surface area (Å²) in [6.07, 6.45) is 0.0634. The molecule has 0 aliphatic carbocycles. The summed E-state index contributed by atoms with van der Waals surface area (Å²) in [5, 5.41) is 10.2. The first-order valence-electron chi connectivity index (χ1n) is 5.70. The zero-order valence-electron chi connectivity index (χ0n) is 9.91. The van der Waals surface area contributed by atoms with Crippen LogP contribution in [-0.2, 0) is 0 Å². The van der Waals surface area contributed by atoms with Crippen LogP contribution in [-0.4, -0.2) is 11.4 Å². The fourth-order valence-corrected chi connectivity index (χ4v) is 1.77. The minimum Gasteiger partial charge on any atom is -0.384 e. The number of aliphatic hydroxyl groups excluding tert-OH is 1. The van der Waals surface area contributed by atoms with Crippen molar-refractivity contribution < 1.29 is 9.90 Å². The van der Waals surface area contributed by atoms with Gasteiger partial charge in [-0.1, -0.05) is 61.2 Å². The molecule has 0 radical (unpaired) electrons.